The van der Waals surface area contributed by atoms with Crippen molar-refractivity contribution < 1.29 is 9.53 Å². The molecule has 0 saturated heterocycles. The molecule has 35 heavy (non-hydrogen) atoms. The Morgan fingerprint density at radius 2 is 1.66 bits per heavy atom. The minimum atomic E-state index is -0.496. The first-order valence-electron chi connectivity index (χ1n) is 10.6. The summed E-state index contributed by atoms with van der Waals surface area (Å²) < 4.78 is 6.89. The van der Waals surface area contributed by atoms with Crippen molar-refractivity contribution in [3.05, 3.63) is 116 Å². The van der Waals surface area contributed by atoms with E-state index in [1.165, 1.54) is 0 Å². The first-order valence-corrected chi connectivity index (χ1v) is 11.4. The van der Waals surface area contributed by atoms with Crippen molar-refractivity contribution in [3.8, 4) is 17.5 Å². The molecule has 0 unspecified atom stereocenters. The molecular formula is C27H18N4O3S. The molecule has 8 heteroatoms. The quantitative estimate of drug-likeness (QED) is 0.422. The van der Waals surface area contributed by atoms with Gasteiger partial charge in [-0.15, -0.1) is 0 Å². The average molecular weight is 479 g/mol. The number of nitriles is 1. The SMILES string of the molecule is COc1ccc(C(=O)N=c2sc(N)c(C#N)c3c(=O)c4ccccc4c=3n2-c2ccccc2)cc1. The standard InChI is InChI=1S/C27H18N4O3S/c1-34-18-13-11-16(12-14-18)26(33)30-27-31(17-7-3-2-4-8-17)23-19-9-5-6-10-20(19)24(32)22(23)21(15-28)25(29)35-27/h2-14H,29H2,1H3. The van der Waals surface area contributed by atoms with Crippen molar-refractivity contribution in [2.24, 2.45) is 4.99 Å². The summed E-state index contributed by atoms with van der Waals surface area (Å²) in [5.41, 5.74) is 7.13. The van der Waals surface area contributed by atoms with E-state index in [4.69, 9.17) is 10.5 Å². The van der Waals surface area contributed by atoms with E-state index in [1.54, 1.807) is 48.1 Å². The lowest BCUT2D eigenvalue weighted by Crippen LogP contribution is -2.18. The summed E-state index contributed by atoms with van der Waals surface area (Å²) in [5, 5.41) is 11.8. The van der Waals surface area contributed by atoms with Crippen LogP contribution < -0.4 is 20.7 Å². The lowest BCUT2D eigenvalue weighted by molar-refractivity contribution is 0.0998. The van der Waals surface area contributed by atoms with Crippen LogP contribution in [-0.4, -0.2) is 17.6 Å². The highest BCUT2D eigenvalue weighted by Gasteiger charge is 2.17. The van der Waals surface area contributed by atoms with Crippen LogP contribution in [0.4, 0.5) is 5.00 Å². The van der Waals surface area contributed by atoms with E-state index >= 15 is 0 Å². The van der Waals surface area contributed by atoms with Crippen molar-refractivity contribution in [1.29, 1.82) is 5.26 Å². The van der Waals surface area contributed by atoms with Crippen LogP contribution in [0.3, 0.4) is 0 Å². The number of nitrogens with zero attached hydrogens (tertiary/aromatic N) is 3. The van der Waals surface area contributed by atoms with Crippen LogP contribution in [0.15, 0.2) is 88.6 Å². The number of hydrogen-bond donors (Lipinski definition) is 1. The molecule has 1 aliphatic heterocycles. The molecule has 1 heterocycles. The van der Waals surface area contributed by atoms with Gasteiger partial charge in [0.2, 0.25) is 0 Å². The van der Waals surface area contributed by atoms with Gasteiger partial charge in [-0.3, -0.25) is 14.2 Å². The summed E-state index contributed by atoms with van der Waals surface area (Å²) in [6.07, 6.45) is 0. The molecule has 2 N–H and O–H groups in total. The molecule has 5 rings (SSSR count). The highest BCUT2D eigenvalue weighted by molar-refractivity contribution is 7.13. The molecule has 7 nitrogen and oxygen atoms in total. The number of nitrogens with two attached hydrogens (primary N) is 1. The Hall–Kier alpha value is -4.74. The number of amides is 1. The maximum Gasteiger partial charge on any atom is 0.279 e. The van der Waals surface area contributed by atoms with Crippen molar-refractivity contribution in [3.63, 3.8) is 0 Å². The Morgan fingerprint density at radius 1 is 1.00 bits per heavy atom. The fourth-order valence-electron chi connectivity index (χ4n) is 4.03. The Kier molecular flexibility index (Phi) is 5.61. The average Bonchev–Trinajstić information content (AvgIpc) is 3.10. The number of hydrogen-bond acceptors (Lipinski definition) is 6. The Morgan fingerprint density at radius 3 is 2.31 bits per heavy atom. The molecule has 3 aromatic rings. The number of para-hydroxylation sites is 1. The van der Waals surface area contributed by atoms with Gasteiger partial charge in [0, 0.05) is 22.0 Å². The van der Waals surface area contributed by atoms with Gasteiger partial charge in [-0.05, 0) is 36.4 Å². The smallest absolute Gasteiger partial charge is 0.279 e. The van der Waals surface area contributed by atoms with E-state index in [1.807, 2.05) is 42.5 Å². The summed E-state index contributed by atoms with van der Waals surface area (Å²) in [6.45, 7) is 0. The monoisotopic (exact) mass is 478 g/mol. The number of methoxy groups -OCH3 is 1. The number of anilines is 1. The molecule has 0 atom stereocenters. The Labute approximate surface area is 203 Å². The number of carbonyl (C=O) groups excluding carboxylic acids is 1. The van der Waals surface area contributed by atoms with E-state index in [0.29, 0.717) is 33.1 Å². The fourth-order valence-corrected chi connectivity index (χ4v) is 4.89. The van der Waals surface area contributed by atoms with E-state index in [9.17, 15) is 14.9 Å². The van der Waals surface area contributed by atoms with Crippen LogP contribution in [-0.2, 0) is 0 Å². The third-order valence-corrected chi connectivity index (χ3v) is 6.54. The molecule has 0 radical (unpaired) electrons. The summed E-state index contributed by atoms with van der Waals surface area (Å²) in [4.78, 5) is 31.3. The molecule has 0 saturated carbocycles. The van der Waals surface area contributed by atoms with Gasteiger partial charge in [0.15, 0.2) is 10.2 Å². The topological polar surface area (TPSA) is 110 Å². The van der Waals surface area contributed by atoms with E-state index < -0.39 is 5.91 Å². The zero-order chi connectivity index (χ0) is 24.5. The first kappa shape index (κ1) is 22.1. The van der Waals surface area contributed by atoms with E-state index in [2.05, 4.69) is 11.1 Å². The van der Waals surface area contributed by atoms with Gasteiger partial charge in [-0.25, -0.2) is 0 Å². The number of fused-ring (bicyclic) bond motifs is 2. The first-order chi connectivity index (χ1) is 17.0. The maximum atomic E-state index is 13.4. The molecule has 170 valence electrons. The number of aromatic nitrogens is 1. The van der Waals surface area contributed by atoms with Crippen molar-refractivity contribution in [2.75, 3.05) is 12.8 Å². The molecule has 3 aromatic carbocycles. The van der Waals surface area contributed by atoms with Gasteiger partial charge < -0.3 is 10.5 Å². The minimum absolute atomic E-state index is 0.0641. The number of nitrogen functional groups attached to an aromatic ring is 1. The summed E-state index contributed by atoms with van der Waals surface area (Å²) in [7, 11) is 1.55. The van der Waals surface area contributed by atoms with Gasteiger partial charge in [0.25, 0.3) is 5.91 Å². The third-order valence-electron chi connectivity index (χ3n) is 5.66. The molecule has 1 aliphatic carbocycles. The van der Waals surface area contributed by atoms with Crippen molar-refractivity contribution >= 4 is 33.0 Å². The van der Waals surface area contributed by atoms with E-state index in [0.717, 1.165) is 11.3 Å². The van der Waals surface area contributed by atoms with Crippen LogP contribution in [0.5, 0.6) is 5.75 Å². The molecule has 0 bridgehead atoms. The normalized spacial score (nSPS) is 11.5. The number of carbonyl (C=O) groups is 1. The van der Waals surface area contributed by atoms with Crippen LogP contribution >= 0.6 is 11.3 Å². The third kappa shape index (κ3) is 3.74. The highest BCUT2D eigenvalue weighted by atomic mass is 32.1. The van der Waals surface area contributed by atoms with Gasteiger partial charge in [-0.2, -0.15) is 10.3 Å². The summed E-state index contributed by atoms with van der Waals surface area (Å²) >= 11 is 0.978. The second kappa shape index (κ2) is 8.89. The molecule has 0 fully saturated rings. The Balaban J connectivity index is 2.00. The van der Waals surface area contributed by atoms with E-state index in [-0.39, 0.29) is 26.0 Å². The fraction of sp³-hybridized carbons (Fsp3) is 0.0370. The van der Waals surface area contributed by atoms with Crippen molar-refractivity contribution in [2.45, 2.75) is 0 Å². The van der Waals surface area contributed by atoms with Crippen LogP contribution in [0.2, 0.25) is 0 Å². The van der Waals surface area contributed by atoms with Crippen LogP contribution in [0.25, 0.3) is 16.5 Å². The summed E-state index contributed by atoms with van der Waals surface area (Å²) in [6, 6.07) is 25.1. The van der Waals surface area contributed by atoms with Gasteiger partial charge >= 0.3 is 0 Å². The van der Waals surface area contributed by atoms with Crippen LogP contribution in [0.1, 0.15) is 15.9 Å². The lowest BCUT2D eigenvalue weighted by Gasteiger charge is -2.07. The molecule has 1 amide bonds. The number of ether oxygens (including phenoxy) is 1. The molecule has 0 aromatic heterocycles. The molecule has 2 aliphatic rings. The lowest BCUT2D eigenvalue weighted by atomic mass is 10.2. The van der Waals surface area contributed by atoms with Crippen LogP contribution in [0, 0.1) is 21.9 Å². The molecule has 0 spiro atoms. The summed E-state index contributed by atoms with van der Waals surface area (Å²) in [5.74, 6) is 0.120. The minimum Gasteiger partial charge on any atom is -0.497 e. The largest absolute Gasteiger partial charge is 0.497 e. The van der Waals surface area contributed by atoms with Gasteiger partial charge in [-0.1, -0.05) is 53.8 Å². The maximum absolute atomic E-state index is 13.4. The van der Waals surface area contributed by atoms with Crippen molar-refractivity contribution in [1.82, 2.24) is 4.57 Å². The zero-order valence-electron chi connectivity index (χ0n) is 18.6. The highest BCUT2D eigenvalue weighted by Crippen LogP contribution is 2.22. The van der Waals surface area contributed by atoms with Gasteiger partial charge in [0.1, 0.15) is 16.8 Å². The Bertz CT molecular complexity index is 1830. The van der Waals surface area contributed by atoms with Gasteiger partial charge in [0.05, 0.1) is 23.2 Å². The number of benzene rings is 3. The second-order valence-corrected chi connectivity index (χ2v) is 8.66. The number of rotatable bonds is 3. The predicted molar refractivity (Wildman–Crippen MR) is 135 cm³/mol. The molecular weight excluding hydrogens is 460 g/mol. The zero-order valence-corrected chi connectivity index (χ0v) is 19.4. The second-order valence-electron chi connectivity index (χ2n) is 7.65. The predicted octanol–water partition coefficient (Wildman–Crippen LogP) is 3.98.